The van der Waals surface area contributed by atoms with Crippen molar-refractivity contribution in [2.45, 2.75) is 37.4 Å². The number of amides is 1. The Hall–Kier alpha value is -1.68. The summed E-state index contributed by atoms with van der Waals surface area (Å²) in [6.45, 7) is 7.47. The highest BCUT2D eigenvalue weighted by molar-refractivity contribution is 7.89. The molecule has 1 saturated heterocycles. The van der Waals surface area contributed by atoms with Crippen molar-refractivity contribution >= 4 is 21.6 Å². The number of ether oxygens (including phenoxy) is 1. The second-order valence-corrected chi connectivity index (χ2v) is 7.98. The Morgan fingerprint density at radius 1 is 1.32 bits per heavy atom. The summed E-state index contributed by atoms with van der Waals surface area (Å²) in [7, 11) is -3.88. The number of nitrogens with zero attached hydrogens (tertiary/aromatic N) is 1. The molecule has 1 aromatic rings. The highest BCUT2D eigenvalue weighted by Crippen LogP contribution is 2.20. The number of carbonyl (C=O) groups is 1. The van der Waals surface area contributed by atoms with Gasteiger partial charge in [-0.15, -0.1) is 0 Å². The summed E-state index contributed by atoms with van der Waals surface area (Å²) in [6, 6.07) is 4.07. The van der Waals surface area contributed by atoms with Crippen LogP contribution < -0.4 is 16.2 Å². The van der Waals surface area contributed by atoms with Crippen LogP contribution >= 0.6 is 0 Å². The maximum absolute atomic E-state index is 11.6. The number of benzene rings is 1. The van der Waals surface area contributed by atoms with Gasteiger partial charge in [0.2, 0.25) is 10.0 Å². The molecule has 0 bridgehead atoms. The summed E-state index contributed by atoms with van der Waals surface area (Å²) in [5.41, 5.74) is 5.96. The number of nitrogens with one attached hydrogen (secondary N) is 1. The molecule has 2 rings (SSSR count). The molecule has 0 saturated carbocycles. The van der Waals surface area contributed by atoms with E-state index < -0.39 is 15.9 Å². The van der Waals surface area contributed by atoms with Crippen LogP contribution in [0.25, 0.3) is 0 Å². The highest BCUT2D eigenvalue weighted by atomic mass is 32.2. The van der Waals surface area contributed by atoms with E-state index in [1.807, 2.05) is 0 Å². The van der Waals surface area contributed by atoms with Crippen molar-refractivity contribution in [3.8, 4) is 0 Å². The second-order valence-electron chi connectivity index (χ2n) is 6.41. The molecule has 1 aliphatic rings. The molecule has 140 valence electrons. The zero-order valence-electron chi connectivity index (χ0n) is 14.6. The van der Waals surface area contributed by atoms with E-state index in [-0.39, 0.29) is 22.7 Å². The molecule has 0 aromatic heterocycles. The number of sulfonamides is 1. The van der Waals surface area contributed by atoms with E-state index in [1.54, 1.807) is 0 Å². The molecular formula is C16H26N4O4S. The molecule has 8 nitrogen and oxygen atoms in total. The van der Waals surface area contributed by atoms with Crippen LogP contribution in [-0.2, 0) is 14.8 Å². The molecule has 0 spiro atoms. The van der Waals surface area contributed by atoms with Gasteiger partial charge in [0.05, 0.1) is 22.7 Å². The molecule has 2 atom stereocenters. The van der Waals surface area contributed by atoms with Gasteiger partial charge in [-0.3, -0.25) is 9.69 Å². The zero-order chi connectivity index (χ0) is 18.6. The molecule has 1 fully saturated rings. The number of rotatable bonds is 7. The molecular weight excluding hydrogens is 344 g/mol. The number of hydrogen-bond acceptors (Lipinski definition) is 6. The second kappa shape index (κ2) is 8.13. The Morgan fingerprint density at radius 3 is 2.52 bits per heavy atom. The molecule has 0 aliphatic carbocycles. The fraction of sp³-hybridized carbons (Fsp3) is 0.562. The Bertz CT molecular complexity index is 713. The topological polar surface area (TPSA) is 128 Å². The van der Waals surface area contributed by atoms with Crippen molar-refractivity contribution in [3.05, 3.63) is 23.8 Å². The van der Waals surface area contributed by atoms with Gasteiger partial charge in [0.25, 0.3) is 5.91 Å². The number of morpholine rings is 1. The lowest BCUT2D eigenvalue weighted by Crippen LogP contribution is -2.45. The van der Waals surface area contributed by atoms with Crippen LogP contribution in [0.2, 0.25) is 0 Å². The third-order valence-corrected chi connectivity index (χ3v) is 4.96. The third-order valence-electron chi connectivity index (χ3n) is 4.05. The molecule has 1 aliphatic heterocycles. The highest BCUT2D eigenvalue weighted by Gasteiger charge is 2.21. The van der Waals surface area contributed by atoms with Crippen LogP contribution in [0.3, 0.4) is 0 Å². The molecule has 1 amide bonds. The van der Waals surface area contributed by atoms with Gasteiger partial charge >= 0.3 is 0 Å². The van der Waals surface area contributed by atoms with Crippen molar-refractivity contribution in [1.29, 1.82) is 0 Å². The van der Waals surface area contributed by atoms with E-state index in [0.29, 0.717) is 12.2 Å². The van der Waals surface area contributed by atoms with Gasteiger partial charge in [0.15, 0.2) is 0 Å². The van der Waals surface area contributed by atoms with Gasteiger partial charge in [-0.05, 0) is 38.5 Å². The van der Waals surface area contributed by atoms with E-state index in [9.17, 15) is 13.2 Å². The Labute approximate surface area is 148 Å². The van der Waals surface area contributed by atoms with Gasteiger partial charge in [-0.2, -0.15) is 0 Å². The minimum Gasteiger partial charge on any atom is -0.384 e. The van der Waals surface area contributed by atoms with Crippen molar-refractivity contribution in [3.63, 3.8) is 0 Å². The molecule has 1 heterocycles. The standard InChI is InChI=1S/C16H26N4O4S/c1-11-9-20(10-12(2)24-11)7-3-6-19-15-5-4-13(25(18,22)23)8-14(15)16(17)21/h4-5,8,11-12,19H,3,6-7,9-10H2,1-2H3,(H2,17,21)(H2,18,22,23)/t11-,12-/m0/s1. The van der Waals surface area contributed by atoms with Gasteiger partial charge < -0.3 is 15.8 Å². The average molecular weight is 370 g/mol. The van der Waals surface area contributed by atoms with Crippen LogP contribution in [0.15, 0.2) is 23.1 Å². The van der Waals surface area contributed by atoms with Gasteiger partial charge in [0.1, 0.15) is 0 Å². The van der Waals surface area contributed by atoms with E-state index in [2.05, 4.69) is 24.1 Å². The van der Waals surface area contributed by atoms with Gasteiger partial charge in [-0.1, -0.05) is 0 Å². The summed E-state index contributed by atoms with van der Waals surface area (Å²) >= 11 is 0. The van der Waals surface area contributed by atoms with Gasteiger partial charge in [-0.25, -0.2) is 13.6 Å². The fourth-order valence-corrected chi connectivity index (χ4v) is 3.59. The lowest BCUT2D eigenvalue weighted by molar-refractivity contribution is -0.0678. The lowest BCUT2D eigenvalue weighted by Gasteiger charge is -2.35. The average Bonchev–Trinajstić information content (AvgIpc) is 2.49. The first kappa shape index (κ1) is 19.6. The monoisotopic (exact) mass is 370 g/mol. The van der Waals surface area contributed by atoms with E-state index >= 15 is 0 Å². The van der Waals surface area contributed by atoms with Crippen molar-refractivity contribution in [2.24, 2.45) is 10.9 Å². The predicted molar refractivity (Wildman–Crippen MR) is 95.9 cm³/mol. The smallest absolute Gasteiger partial charge is 0.250 e. The largest absolute Gasteiger partial charge is 0.384 e. The maximum atomic E-state index is 11.6. The minimum absolute atomic E-state index is 0.111. The Balaban J connectivity index is 1.93. The van der Waals surface area contributed by atoms with Crippen LogP contribution in [0.5, 0.6) is 0 Å². The number of hydrogen-bond donors (Lipinski definition) is 3. The first-order chi connectivity index (χ1) is 11.7. The molecule has 9 heteroatoms. The van der Waals surface area contributed by atoms with Crippen LogP contribution in [0, 0.1) is 0 Å². The minimum atomic E-state index is -3.88. The Morgan fingerprint density at radius 2 is 1.96 bits per heavy atom. The lowest BCUT2D eigenvalue weighted by atomic mass is 10.1. The molecule has 0 unspecified atom stereocenters. The zero-order valence-corrected chi connectivity index (χ0v) is 15.4. The van der Waals surface area contributed by atoms with Crippen molar-refractivity contribution < 1.29 is 17.9 Å². The summed E-state index contributed by atoms with van der Waals surface area (Å²) in [4.78, 5) is 13.8. The number of carbonyl (C=O) groups excluding carboxylic acids is 1. The van der Waals surface area contributed by atoms with E-state index in [0.717, 1.165) is 26.1 Å². The molecule has 5 N–H and O–H groups in total. The fourth-order valence-electron chi connectivity index (χ4n) is 3.05. The van der Waals surface area contributed by atoms with Crippen LogP contribution in [0.1, 0.15) is 30.6 Å². The quantitative estimate of drug-likeness (QED) is 0.594. The number of anilines is 1. The normalized spacial score (nSPS) is 21.9. The third kappa shape index (κ3) is 5.67. The predicted octanol–water partition coefficient (Wildman–Crippen LogP) is 0.344. The van der Waals surface area contributed by atoms with E-state index in [1.165, 1.54) is 18.2 Å². The SMILES string of the molecule is C[C@H]1CN(CCCNc2ccc(S(N)(=O)=O)cc2C(N)=O)C[C@H](C)O1. The molecule has 1 aromatic carbocycles. The number of primary amides is 1. The summed E-state index contributed by atoms with van der Waals surface area (Å²) < 4.78 is 28.5. The summed E-state index contributed by atoms with van der Waals surface area (Å²) in [5.74, 6) is -0.705. The van der Waals surface area contributed by atoms with Crippen LogP contribution in [0.4, 0.5) is 5.69 Å². The van der Waals surface area contributed by atoms with Gasteiger partial charge in [0, 0.05) is 31.9 Å². The summed E-state index contributed by atoms with van der Waals surface area (Å²) in [6.07, 6.45) is 1.32. The van der Waals surface area contributed by atoms with E-state index in [4.69, 9.17) is 15.6 Å². The Kier molecular flexibility index (Phi) is 6.39. The van der Waals surface area contributed by atoms with Crippen LogP contribution in [-0.4, -0.2) is 57.6 Å². The molecule has 25 heavy (non-hydrogen) atoms. The number of primary sulfonamides is 1. The van der Waals surface area contributed by atoms with Crippen molar-refractivity contribution in [2.75, 3.05) is 31.5 Å². The summed E-state index contributed by atoms with van der Waals surface area (Å²) in [5, 5.41) is 8.23. The first-order valence-electron chi connectivity index (χ1n) is 8.25. The molecule has 0 radical (unpaired) electrons. The maximum Gasteiger partial charge on any atom is 0.250 e. The first-order valence-corrected chi connectivity index (χ1v) is 9.80. The number of nitrogens with two attached hydrogens (primary N) is 2. The van der Waals surface area contributed by atoms with Crippen molar-refractivity contribution in [1.82, 2.24) is 4.90 Å².